The van der Waals surface area contributed by atoms with Gasteiger partial charge in [0, 0.05) is 63.9 Å². The summed E-state index contributed by atoms with van der Waals surface area (Å²) in [5.41, 5.74) is 8.57. The Hall–Kier alpha value is -6.30. The van der Waals surface area contributed by atoms with E-state index in [9.17, 15) is 0 Å². The van der Waals surface area contributed by atoms with Gasteiger partial charge in [-0.1, -0.05) is 115 Å². The largest absolute Gasteiger partial charge is 0.452 e. The molecule has 0 unspecified atom stereocenters. The summed E-state index contributed by atoms with van der Waals surface area (Å²) in [6, 6.07) is 53.5. The average molecular weight is 644 g/mol. The Morgan fingerprint density at radius 2 is 1.18 bits per heavy atom. The molecule has 4 heterocycles. The summed E-state index contributed by atoms with van der Waals surface area (Å²) in [5.74, 6) is 0.680. The molecule has 0 saturated carbocycles. The number of nitrogens with zero attached hydrogens (tertiary/aromatic N) is 3. The fraction of sp³-hybridized carbons (Fsp3) is 0. The van der Waals surface area contributed by atoms with Crippen molar-refractivity contribution in [3.63, 3.8) is 0 Å². The highest BCUT2D eigenvalue weighted by atomic mass is 32.1. The molecule has 0 saturated heterocycles. The van der Waals surface area contributed by atoms with Crippen LogP contribution in [-0.4, -0.2) is 14.5 Å². The van der Waals surface area contributed by atoms with E-state index >= 15 is 0 Å². The first-order valence-electron chi connectivity index (χ1n) is 16.4. The van der Waals surface area contributed by atoms with E-state index in [4.69, 9.17) is 14.4 Å². The summed E-state index contributed by atoms with van der Waals surface area (Å²) in [5, 5.41) is 8.73. The molecule has 11 rings (SSSR count). The first-order chi connectivity index (χ1) is 24.3. The van der Waals surface area contributed by atoms with Gasteiger partial charge in [0.1, 0.15) is 16.8 Å². The summed E-state index contributed by atoms with van der Waals surface area (Å²) >= 11 is 1.89. The maximum atomic E-state index is 6.43. The molecule has 0 radical (unpaired) electrons. The molecular weight excluding hydrogens is 619 g/mol. The third kappa shape index (κ3) is 3.79. The minimum absolute atomic E-state index is 0.680. The Morgan fingerprint density at radius 3 is 2.02 bits per heavy atom. The molecule has 0 bridgehead atoms. The predicted molar refractivity (Wildman–Crippen MR) is 205 cm³/mol. The molecule has 0 N–H and O–H groups in total. The van der Waals surface area contributed by atoms with Crippen LogP contribution in [0.1, 0.15) is 0 Å². The second-order valence-electron chi connectivity index (χ2n) is 12.5. The maximum Gasteiger partial charge on any atom is 0.180 e. The van der Waals surface area contributed by atoms with E-state index in [1.165, 1.54) is 52.8 Å². The quantitative estimate of drug-likeness (QED) is 0.192. The van der Waals surface area contributed by atoms with Gasteiger partial charge in [-0.15, -0.1) is 11.3 Å². The van der Waals surface area contributed by atoms with Crippen LogP contribution in [0.2, 0.25) is 0 Å². The number of fused-ring (bicyclic) bond motifs is 13. The molecule has 0 aliphatic carbocycles. The minimum atomic E-state index is 0.680. The number of hydrogen-bond donors (Lipinski definition) is 0. The summed E-state index contributed by atoms with van der Waals surface area (Å²) in [4.78, 5) is 10.1. The molecule has 0 amide bonds. The van der Waals surface area contributed by atoms with Crippen LogP contribution in [0.15, 0.2) is 156 Å². The van der Waals surface area contributed by atoms with Gasteiger partial charge in [-0.3, -0.25) is 0 Å². The third-order valence-electron chi connectivity index (χ3n) is 9.80. The molecule has 11 aromatic rings. The van der Waals surface area contributed by atoms with Crippen LogP contribution in [0.25, 0.3) is 103 Å². The molecule has 4 nitrogen and oxygen atoms in total. The van der Waals surface area contributed by atoms with Crippen molar-refractivity contribution in [2.24, 2.45) is 0 Å². The monoisotopic (exact) mass is 643 g/mol. The molecule has 0 aliphatic heterocycles. The molecule has 7 aromatic carbocycles. The highest BCUT2D eigenvalue weighted by Crippen LogP contribution is 2.48. The zero-order valence-electron chi connectivity index (χ0n) is 26.1. The minimum Gasteiger partial charge on any atom is -0.452 e. The molecule has 4 aromatic heterocycles. The van der Waals surface area contributed by atoms with Crippen molar-refractivity contribution in [3.05, 3.63) is 152 Å². The topological polar surface area (TPSA) is 43.9 Å². The number of rotatable bonds is 3. The molecular formula is C44H25N3OS. The smallest absolute Gasteiger partial charge is 0.180 e. The number of aromatic nitrogens is 3. The summed E-state index contributed by atoms with van der Waals surface area (Å²) in [6.07, 6.45) is 0. The van der Waals surface area contributed by atoms with Gasteiger partial charge >= 0.3 is 0 Å². The van der Waals surface area contributed by atoms with Gasteiger partial charge in [0.05, 0.1) is 11.0 Å². The fourth-order valence-corrected chi connectivity index (χ4v) is 8.91. The SMILES string of the molecule is c1ccc(-c2nc(-c3ccc(-n4c5ccccc5c5c6c7ccccc7sc6c6ccccc6c54)cc3)c3oc4ccccc4c3n2)cc1. The standard InChI is InChI=1S/C44H25N3OS/c1-2-12-27(13-3-1)44-45-39(42-40(46-44)32-17-7-10-20-35(32)48-42)26-22-24-28(25-23-26)47-34-19-9-6-16-31(34)37-38-33-18-8-11-21-36(33)49-43(38)30-15-5-4-14-29(30)41(37)47/h1-25H. The Labute approximate surface area is 284 Å². The van der Waals surface area contributed by atoms with E-state index in [2.05, 4.69) is 120 Å². The lowest BCUT2D eigenvalue weighted by atomic mass is 10.00. The van der Waals surface area contributed by atoms with Gasteiger partial charge in [-0.2, -0.15) is 0 Å². The van der Waals surface area contributed by atoms with Gasteiger partial charge in [0.15, 0.2) is 11.4 Å². The lowest BCUT2D eigenvalue weighted by molar-refractivity contribution is 0.667. The summed E-state index contributed by atoms with van der Waals surface area (Å²) in [7, 11) is 0. The van der Waals surface area contributed by atoms with E-state index in [-0.39, 0.29) is 0 Å². The molecule has 228 valence electrons. The van der Waals surface area contributed by atoms with Gasteiger partial charge in [0.2, 0.25) is 0 Å². The molecule has 0 atom stereocenters. The Kier molecular flexibility index (Phi) is 5.51. The number of benzene rings is 7. The van der Waals surface area contributed by atoms with E-state index < -0.39 is 0 Å². The van der Waals surface area contributed by atoms with Gasteiger partial charge in [-0.05, 0) is 36.4 Å². The van der Waals surface area contributed by atoms with Crippen LogP contribution in [0.4, 0.5) is 0 Å². The van der Waals surface area contributed by atoms with Crippen LogP contribution in [0.5, 0.6) is 0 Å². The number of para-hydroxylation sites is 2. The second kappa shape index (κ2) is 10.1. The van der Waals surface area contributed by atoms with Crippen molar-refractivity contribution in [1.82, 2.24) is 14.5 Å². The van der Waals surface area contributed by atoms with E-state index in [0.29, 0.717) is 11.4 Å². The zero-order chi connectivity index (χ0) is 32.1. The van der Waals surface area contributed by atoms with Gasteiger partial charge in [-0.25, -0.2) is 9.97 Å². The van der Waals surface area contributed by atoms with E-state index in [0.717, 1.165) is 39.0 Å². The first-order valence-corrected chi connectivity index (χ1v) is 17.2. The first kappa shape index (κ1) is 26.7. The average Bonchev–Trinajstić information content (AvgIpc) is 3.85. The van der Waals surface area contributed by atoms with Gasteiger partial charge < -0.3 is 8.98 Å². The highest BCUT2D eigenvalue weighted by Gasteiger charge is 2.22. The van der Waals surface area contributed by atoms with Crippen molar-refractivity contribution in [1.29, 1.82) is 0 Å². The summed E-state index contributed by atoms with van der Waals surface area (Å²) < 4.78 is 11.5. The Morgan fingerprint density at radius 1 is 0.510 bits per heavy atom. The van der Waals surface area contributed by atoms with Crippen LogP contribution in [0.3, 0.4) is 0 Å². The van der Waals surface area contributed by atoms with Crippen molar-refractivity contribution < 1.29 is 4.42 Å². The third-order valence-corrected chi connectivity index (χ3v) is 11.0. The molecule has 0 spiro atoms. The molecule has 0 aliphatic rings. The second-order valence-corrected chi connectivity index (χ2v) is 13.6. The molecule has 5 heteroatoms. The van der Waals surface area contributed by atoms with Gasteiger partial charge in [0.25, 0.3) is 0 Å². The van der Waals surface area contributed by atoms with Crippen LogP contribution < -0.4 is 0 Å². The van der Waals surface area contributed by atoms with Crippen LogP contribution in [-0.2, 0) is 0 Å². The van der Waals surface area contributed by atoms with Crippen molar-refractivity contribution >= 4 is 86.2 Å². The molecule has 49 heavy (non-hydrogen) atoms. The number of hydrogen-bond acceptors (Lipinski definition) is 4. The highest BCUT2D eigenvalue weighted by molar-refractivity contribution is 7.27. The summed E-state index contributed by atoms with van der Waals surface area (Å²) in [6.45, 7) is 0. The number of thiophene rings is 1. The van der Waals surface area contributed by atoms with E-state index in [1.54, 1.807) is 0 Å². The van der Waals surface area contributed by atoms with Crippen LogP contribution in [0, 0.1) is 0 Å². The van der Waals surface area contributed by atoms with Crippen LogP contribution >= 0.6 is 11.3 Å². The predicted octanol–water partition coefficient (Wildman–Crippen LogP) is 12.3. The van der Waals surface area contributed by atoms with E-state index in [1.807, 2.05) is 47.7 Å². The Balaban J connectivity index is 1.19. The maximum absolute atomic E-state index is 6.43. The number of furan rings is 1. The Bertz CT molecular complexity index is 3100. The van der Waals surface area contributed by atoms with Crippen molar-refractivity contribution in [2.45, 2.75) is 0 Å². The van der Waals surface area contributed by atoms with Crippen molar-refractivity contribution in [3.8, 4) is 28.3 Å². The molecule has 0 fully saturated rings. The lowest BCUT2D eigenvalue weighted by Crippen LogP contribution is -1.96. The fourth-order valence-electron chi connectivity index (χ4n) is 7.66. The lowest BCUT2D eigenvalue weighted by Gasteiger charge is -2.12. The van der Waals surface area contributed by atoms with Crippen molar-refractivity contribution in [2.75, 3.05) is 0 Å². The normalized spacial score (nSPS) is 12.1. The zero-order valence-corrected chi connectivity index (χ0v) is 26.9.